The van der Waals surface area contributed by atoms with E-state index < -0.39 is 12.1 Å². The normalized spacial score (nSPS) is 11.8. The third kappa shape index (κ3) is 3.63. The van der Waals surface area contributed by atoms with Crippen LogP contribution in [0.15, 0.2) is 40.1 Å². The van der Waals surface area contributed by atoms with Crippen LogP contribution in [0, 0.1) is 0 Å². The van der Waals surface area contributed by atoms with Gasteiger partial charge in [0.05, 0.1) is 24.7 Å². The van der Waals surface area contributed by atoms with Crippen LogP contribution < -0.4 is 9.47 Å². The van der Waals surface area contributed by atoms with Crippen LogP contribution in [0.4, 0.5) is 0 Å². The molecule has 1 atom stereocenters. The van der Waals surface area contributed by atoms with Gasteiger partial charge in [0.15, 0.2) is 17.6 Å². The minimum absolute atomic E-state index is 0.234. The molecule has 0 aliphatic heterocycles. The maximum atomic E-state index is 12.3. The Hall–Kier alpha value is -2.87. The van der Waals surface area contributed by atoms with E-state index in [0.29, 0.717) is 23.0 Å². The number of hydrogen-bond donors (Lipinski definition) is 0. The number of ether oxygens (including phenoxy) is 3. The zero-order chi connectivity index (χ0) is 17.8. The van der Waals surface area contributed by atoms with Crippen molar-refractivity contribution < 1.29 is 23.4 Å². The van der Waals surface area contributed by atoms with Crippen molar-refractivity contribution in [2.24, 2.45) is 0 Å². The summed E-state index contributed by atoms with van der Waals surface area (Å²) in [5, 5.41) is 9.84. The van der Waals surface area contributed by atoms with E-state index in [1.54, 1.807) is 25.1 Å². The molecule has 0 aliphatic carbocycles. The fraction of sp³-hybridized carbons (Fsp3) is 0.235. The van der Waals surface area contributed by atoms with E-state index in [0.717, 1.165) is 4.88 Å². The van der Waals surface area contributed by atoms with Crippen LogP contribution in [-0.4, -0.2) is 30.4 Å². The van der Waals surface area contributed by atoms with Gasteiger partial charge in [-0.1, -0.05) is 6.07 Å². The Kier molecular flexibility index (Phi) is 4.99. The number of thiophene rings is 1. The first kappa shape index (κ1) is 17.0. The summed E-state index contributed by atoms with van der Waals surface area (Å²) in [6.45, 7) is 1.67. The molecule has 1 aromatic carbocycles. The van der Waals surface area contributed by atoms with Gasteiger partial charge in [-0.25, -0.2) is 4.79 Å². The largest absolute Gasteiger partial charge is 0.493 e. The number of hydrogen-bond acceptors (Lipinski definition) is 8. The smallest absolute Gasteiger partial charge is 0.339 e. The predicted molar refractivity (Wildman–Crippen MR) is 91.0 cm³/mol. The Morgan fingerprint density at radius 1 is 1.16 bits per heavy atom. The highest BCUT2D eigenvalue weighted by Gasteiger charge is 2.21. The quantitative estimate of drug-likeness (QED) is 0.619. The molecule has 3 aromatic rings. The summed E-state index contributed by atoms with van der Waals surface area (Å²) >= 11 is 1.49. The molecule has 2 aromatic heterocycles. The Morgan fingerprint density at radius 3 is 2.64 bits per heavy atom. The molecule has 0 saturated heterocycles. The lowest BCUT2D eigenvalue weighted by Gasteiger charge is -2.11. The topological polar surface area (TPSA) is 83.7 Å². The molecular formula is C17H16N2O5S. The van der Waals surface area contributed by atoms with Gasteiger partial charge >= 0.3 is 5.97 Å². The summed E-state index contributed by atoms with van der Waals surface area (Å²) in [4.78, 5) is 13.2. The molecule has 0 aliphatic rings. The summed E-state index contributed by atoms with van der Waals surface area (Å²) < 4.78 is 21.3. The van der Waals surface area contributed by atoms with Gasteiger partial charge in [-0.3, -0.25) is 0 Å². The zero-order valence-electron chi connectivity index (χ0n) is 13.9. The van der Waals surface area contributed by atoms with Gasteiger partial charge in [0.25, 0.3) is 11.8 Å². The van der Waals surface area contributed by atoms with E-state index in [2.05, 4.69) is 10.2 Å². The van der Waals surface area contributed by atoms with Gasteiger partial charge in [-0.15, -0.1) is 21.5 Å². The Labute approximate surface area is 148 Å². The molecule has 0 spiro atoms. The molecule has 2 heterocycles. The first-order valence-electron chi connectivity index (χ1n) is 7.42. The maximum Gasteiger partial charge on any atom is 0.339 e. The Bertz CT molecular complexity index is 860. The number of aromatic nitrogens is 2. The second-order valence-corrected chi connectivity index (χ2v) is 5.99. The van der Waals surface area contributed by atoms with E-state index in [4.69, 9.17) is 18.6 Å². The Balaban J connectivity index is 1.72. The lowest BCUT2D eigenvalue weighted by atomic mass is 10.2. The van der Waals surface area contributed by atoms with E-state index >= 15 is 0 Å². The molecule has 0 fully saturated rings. The summed E-state index contributed by atoms with van der Waals surface area (Å²) in [7, 11) is 3.03. The van der Waals surface area contributed by atoms with Gasteiger partial charge in [-0.2, -0.15) is 0 Å². The maximum absolute atomic E-state index is 12.3. The van der Waals surface area contributed by atoms with Crippen LogP contribution in [0.5, 0.6) is 11.5 Å². The van der Waals surface area contributed by atoms with E-state index in [1.807, 2.05) is 17.5 Å². The highest BCUT2D eigenvalue weighted by molar-refractivity contribution is 7.13. The van der Waals surface area contributed by atoms with Gasteiger partial charge in [0.1, 0.15) is 0 Å². The third-order valence-electron chi connectivity index (χ3n) is 3.42. The number of carbonyl (C=O) groups excluding carboxylic acids is 1. The van der Waals surface area contributed by atoms with E-state index in [1.165, 1.54) is 25.6 Å². The SMILES string of the molecule is COc1ccc(C(=O)O[C@@H](C)c2nnc(-c3cccs3)o2)cc1OC. The number of carbonyl (C=O) groups is 1. The third-order valence-corrected chi connectivity index (χ3v) is 4.28. The van der Waals surface area contributed by atoms with Crippen LogP contribution in [0.1, 0.15) is 29.3 Å². The van der Waals surface area contributed by atoms with Gasteiger partial charge in [0.2, 0.25) is 0 Å². The number of esters is 1. The number of methoxy groups -OCH3 is 2. The molecule has 3 rings (SSSR count). The van der Waals surface area contributed by atoms with Crippen LogP contribution in [-0.2, 0) is 4.74 Å². The second kappa shape index (κ2) is 7.35. The van der Waals surface area contributed by atoms with E-state index in [-0.39, 0.29) is 5.89 Å². The summed E-state index contributed by atoms with van der Waals surface area (Å²) in [5.74, 6) is 1.09. The standard InChI is InChI=1S/C17H16N2O5S/c1-10(15-18-19-16(24-15)14-5-4-8-25-14)23-17(20)11-6-7-12(21-2)13(9-11)22-3/h4-10H,1-3H3/t10-/m0/s1. The average Bonchev–Trinajstić information content (AvgIpc) is 3.32. The van der Waals surface area contributed by atoms with Crippen molar-refractivity contribution in [1.82, 2.24) is 10.2 Å². The average molecular weight is 360 g/mol. The zero-order valence-corrected chi connectivity index (χ0v) is 14.7. The highest BCUT2D eigenvalue weighted by atomic mass is 32.1. The molecule has 0 N–H and O–H groups in total. The van der Waals surface area contributed by atoms with Crippen molar-refractivity contribution in [3.8, 4) is 22.3 Å². The summed E-state index contributed by atoms with van der Waals surface area (Å²) in [6.07, 6.45) is -0.679. The minimum atomic E-state index is -0.679. The first-order valence-corrected chi connectivity index (χ1v) is 8.30. The Morgan fingerprint density at radius 2 is 1.96 bits per heavy atom. The highest BCUT2D eigenvalue weighted by Crippen LogP contribution is 2.29. The molecule has 0 saturated carbocycles. The molecule has 8 heteroatoms. The van der Waals surface area contributed by atoms with Crippen LogP contribution in [0.25, 0.3) is 10.8 Å². The van der Waals surface area contributed by atoms with Crippen molar-refractivity contribution in [2.75, 3.05) is 14.2 Å². The van der Waals surface area contributed by atoms with Crippen molar-refractivity contribution in [2.45, 2.75) is 13.0 Å². The fourth-order valence-electron chi connectivity index (χ4n) is 2.14. The van der Waals surface area contributed by atoms with Crippen LogP contribution in [0.2, 0.25) is 0 Å². The minimum Gasteiger partial charge on any atom is -0.493 e. The van der Waals surface area contributed by atoms with Crippen molar-refractivity contribution >= 4 is 17.3 Å². The molecule has 130 valence electrons. The monoisotopic (exact) mass is 360 g/mol. The van der Waals surface area contributed by atoms with Crippen LogP contribution >= 0.6 is 11.3 Å². The fourth-order valence-corrected chi connectivity index (χ4v) is 2.79. The number of rotatable bonds is 6. The first-order chi connectivity index (χ1) is 12.1. The number of nitrogens with zero attached hydrogens (tertiary/aromatic N) is 2. The van der Waals surface area contributed by atoms with E-state index in [9.17, 15) is 4.79 Å². The number of benzene rings is 1. The van der Waals surface area contributed by atoms with Gasteiger partial charge in [-0.05, 0) is 36.6 Å². The molecular weight excluding hydrogens is 344 g/mol. The molecule has 0 radical (unpaired) electrons. The van der Waals surface area contributed by atoms with Crippen LogP contribution in [0.3, 0.4) is 0 Å². The van der Waals surface area contributed by atoms with Crippen molar-refractivity contribution in [3.63, 3.8) is 0 Å². The summed E-state index contributed by atoms with van der Waals surface area (Å²) in [6, 6.07) is 8.56. The van der Waals surface area contributed by atoms with Crippen molar-refractivity contribution in [1.29, 1.82) is 0 Å². The van der Waals surface area contributed by atoms with Gasteiger partial charge in [0, 0.05) is 0 Å². The lowest BCUT2D eigenvalue weighted by Crippen LogP contribution is -2.10. The lowest BCUT2D eigenvalue weighted by molar-refractivity contribution is 0.0279. The molecule has 0 amide bonds. The van der Waals surface area contributed by atoms with Crippen molar-refractivity contribution in [3.05, 3.63) is 47.2 Å². The second-order valence-electron chi connectivity index (χ2n) is 5.04. The van der Waals surface area contributed by atoms with Gasteiger partial charge < -0.3 is 18.6 Å². The molecule has 7 nitrogen and oxygen atoms in total. The predicted octanol–water partition coefficient (Wildman–Crippen LogP) is 3.73. The summed E-state index contributed by atoms with van der Waals surface area (Å²) in [5.41, 5.74) is 0.336. The molecule has 0 unspecified atom stereocenters. The molecule has 0 bridgehead atoms. The molecule has 25 heavy (non-hydrogen) atoms.